The van der Waals surface area contributed by atoms with Crippen molar-refractivity contribution in [2.24, 2.45) is 5.14 Å². The van der Waals surface area contributed by atoms with Gasteiger partial charge < -0.3 is 5.32 Å². The highest BCUT2D eigenvalue weighted by molar-refractivity contribution is 7.88. The number of nitrogens with one attached hydrogen (secondary N) is 1. The standard InChI is InChI=1S/C19H22N2O4S/c1-19(2,3)15-9-7-14(8-10-15)17(22)18(23)21-16-6-4-5-13(11-16)12-26(20,24)25/h4-11H,12H2,1-3H3,(H,21,23)(H2,20,24,25). The molecule has 7 heteroatoms. The van der Waals surface area contributed by atoms with Crippen LogP contribution in [0.4, 0.5) is 5.69 Å². The molecule has 0 heterocycles. The molecular formula is C19H22N2O4S. The monoisotopic (exact) mass is 374 g/mol. The summed E-state index contributed by atoms with van der Waals surface area (Å²) < 4.78 is 22.3. The van der Waals surface area contributed by atoms with Gasteiger partial charge in [0.2, 0.25) is 10.0 Å². The van der Waals surface area contributed by atoms with E-state index in [-0.39, 0.29) is 16.7 Å². The minimum absolute atomic E-state index is 0.0480. The molecule has 0 spiro atoms. The Morgan fingerprint density at radius 1 is 1.04 bits per heavy atom. The first-order chi connectivity index (χ1) is 12.0. The predicted molar refractivity (Wildman–Crippen MR) is 101 cm³/mol. The van der Waals surface area contributed by atoms with Gasteiger partial charge in [0.05, 0.1) is 5.75 Å². The summed E-state index contributed by atoms with van der Waals surface area (Å²) >= 11 is 0. The summed E-state index contributed by atoms with van der Waals surface area (Å²) in [5.74, 6) is -1.80. The number of hydrogen-bond donors (Lipinski definition) is 2. The van der Waals surface area contributed by atoms with Gasteiger partial charge in [-0.1, -0.05) is 57.2 Å². The van der Waals surface area contributed by atoms with Gasteiger partial charge in [0.1, 0.15) is 0 Å². The number of primary sulfonamides is 1. The molecule has 0 aromatic heterocycles. The number of nitrogens with two attached hydrogens (primary N) is 1. The number of hydrogen-bond acceptors (Lipinski definition) is 4. The molecule has 0 fully saturated rings. The lowest BCUT2D eigenvalue weighted by atomic mass is 9.86. The highest BCUT2D eigenvalue weighted by atomic mass is 32.2. The lowest BCUT2D eigenvalue weighted by molar-refractivity contribution is -0.112. The first-order valence-electron chi connectivity index (χ1n) is 8.01. The highest BCUT2D eigenvalue weighted by Gasteiger charge is 2.19. The number of sulfonamides is 1. The van der Waals surface area contributed by atoms with E-state index in [1.807, 2.05) is 12.1 Å². The molecule has 3 N–H and O–H groups in total. The Morgan fingerprint density at radius 3 is 2.19 bits per heavy atom. The minimum atomic E-state index is -3.68. The third-order valence-corrected chi connectivity index (χ3v) is 4.51. The fourth-order valence-corrected chi connectivity index (χ4v) is 3.06. The van der Waals surface area contributed by atoms with Crippen molar-refractivity contribution in [3.8, 4) is 0 Å². The molecule has 0 unspecified atom stereocenters. The van der Waals surface area contributed by atoms with E-state index in [0.29, 0.717) is 11.3 Å². The van der Waals surface area contributed by atoms with E-state index in [9.17, 15) is 18.0 Å². The summed E-state index contributed by atoms with van der Waals surface area (Å²) in [6.07, 6.45) is 0. The quantitative estimate of drug-likeness (QED) is 0.619. The van der Waals surface area contributed by atoms with Gasteiger partial charge in [0, 0.05) is 11.3 Å². The van der Waals surface area contributed by atoms with Crippen LogP contribution >= 0.6 is 0 Å². The van der Waals surface area contributed by atoms with E-state index in [0.717, 1.165) is 5.56 Å². The van der Waals surface area contributed by atoms with Crippen molar-refractivity contribution < 1.29 is 18.0 Å². The maximum Gasteiger partial charge on any atom is 0.296 e. The molecule has 2 aromatic carbocycles. The van der Waals surface area contributed by atoms with Crippen molar-refractivity contribution in [3.05, 3.63) is 65.2 Å². The summed E-state index contributed by atoms with van der Waals surface area (Å²) in [7, 11) is -3.68. The Kier molecular flexibility index (Phi) is 5.63. The van der Waals surface area contributed by atoms with Crippen molar-refractivity contribution >= 4 is 27.4 Å². The van der Waals surface area contributed by atoms with Gasteiger partial charge in [-0.15, -0.1) is 0 Å². The van der Waals surface area contributed by atoms with Crippen LogP contribution in [0, 0.1) is 0 Å². The van der Waals surface area contributed by atoms with Crippen molar-refractivity contribution in [1.82, 2.24) is 0 Å². The molecular weight excluding hydrogens is 352 g/mol. The molecule has 2 aromatic rings. The second-order valence-electron chi connectivity index (χ2n) is 7.12. The Balaban J connectivity index is 2.12. The summed E-state index contributed by atoms with van der Waals surface area (Å²) in [4.78, 5) is 24.5. The van der Waals surface area contributed by atoms with Gasteiger partial charge in [0.15, 0.2) is 0 Å². The molecule has 1 amide bonds. The third-order valence-electron chi connectivity index (χ3n) is 3.77. The van der Waals surface area contributed by atoms with E-state index < -0.39 is 21.7 Å². The second kappa shape index (κ2) is 7.39. The number of anilines is 1. The smallest absolute Gasteiger partial charge is 0.296 e. The predicted octanol–water partition coefficient (Wildman–Crippen LogP) is 2.59. The largest absolute Gasteiger partial charge is 0.319 e. The van der Waals surface area contributed by atoms with E-state index in [2.05, 4.69) is 26.1 Å². The second-order valence-corrected chi connectivity index (χ2v) is 8.73. The normalized spacial score (nSPS) is 11.8. The highest BCUT2D eigenvalue weighted by Crippen LogP contribution is 2.22. The molecule has 0 radical (unpaired) electrons. The molecule has 0 aliphatic heterocycles. The maximum absolute atomic E-state index is 12.3. The van der Waals surface area contributed by atoms with Crippen LogP contribution in [0.5, 0.6) is 0 Å². The first kappa shape index (κ1) is 19.8. The Labute approximate surface area is 153 Å². The van der Waals surface area contributed by atoms with Crippen molar-refractivity contribution in [3.63, 3.8) is 0 Å². The number of amides is 1. The zero-order chi connectivity index (χ0) is 19.5. The van der Waals surface area contributed by atoms with Crippen LogP contribution in [0.1, 0.15) is 42.3 Å². The fourth-order valence-electron chi connectivity index (χ4n) is 2.41. The maximum atomic E-state index is 12.3. The van der Waals surface area contributed by atoms with Crippen LogP contribution in [-0.4, -0.2) is 20.1 Å². The number of rotatable bonds is 5. The molecule has 138 valence electrons. The molecule has 6 nitrogen and oxygen atoms in total. The Hall–Kier alpha value is -2.51. The summed E-state index contributed by atoms with van der Waals surface area (Å²) in [5, 5.41) is 7.50. The van der Waals surface area contributed by atoms with Gasteiger partial charge >= 0.3 is 0 Å². The molecule has 0 saturated carbocycles. The summed E-state index contributed by atoms with van der Waals surface area (Å²) in [6, 6.07) is 13.1. The topological polar surface area (TPSA) is 106 Å². The first-order valence-corrected chi connectivity index (χ1v) is 9.73. The van der Waals surface area contributed by atoms with Crippen LogP contribution in [-0.2, 0) is 26.0 Å². The molecule has 0 bridgehead atoms. The van der Waals surface area contributed by atoms with Gasteiger partial charge in [-0.05, 0) is 28.7 Å². The average molecular weight is 374 g/mol. The molecule has 0 aliphatic rings. The zero-order valence-corrected chi connectivity index (χ0v) is 15.8. The Morgan fingerprint density at radius 2 is 1.65 bits per heavy atom. The zero-order valence-electron chi connectivity index (χ0n) is 14.9. The summed E-state index contributed by atoms with van der Waals surface area (Å²) in [6.45, 7) is 6.18. The fraction of sp³-hybridized carbons (Fsp3) is 0.263. The summed E-state index contributed by atoms with van der Waals surface area (Å²) in [5.41, 5.74) is 2.05. The minimum Gasteiger partial charge on any atom is -0.319 e. The number of carbonyl (C=O) groups is 2. The van der Waals surface area contributed by atoms with Gasteiger partial charge in [-0.2, -0.15) is 0 Å². The van der Waals surface area contributed by atoms with Gasteiger partial charge in [-0.3, -0.25) is 9.59 Å². The van der Waals surface area contributed by atoms with Crippen LogP contribution < -0.4 is 10.5 Å². The molecule has 0 aliphatic carbocycles. The molecule has 2 rings (SSSR count). The van der Waals surface area contributed by atoms with Crippen molar-refractivity contribution in [1.29, 1.82) is 0 Å². The number of Topliss-reactive ketones (excluding diaryl/α,β-unsaturated/α-hetero) is 1. The van der Waals surface area contributed by atoms with Crippen LogP contribution in [0.3, 0.4) is 0 Å². The SMILES string of the molecule is CC(C)(C)c1ccc(C(=O)C(=O)Nc2cccc(CS(N)(=O)=O)c2)cc1. The number of ketones is 1. The van der Waals surface area contributed by atoms with Crippen molar-refractivity contribution in [2.45, 2.75) is 31.9 Å². The van der Waals surface area contributed by atoms with E-state index in [4.69, 9.17) is 5.14 Å². The average Bonchev–Trinajstić information content (AvgIpc) is 2.52. The Bertz CT molecular complexity index is 927. The van der Waals surface area contributed by atoms with Crippen LogP contribution in [0.15, 0.2) is 48.5 Å². The lowest BCUT2D eigenvalue weighted by Crippen LogP contribution is -2.23. The third kappa shape index (κ3) is 5.50. The number of carbonyl (C=O) groups excluding carboxylic acids is 2. The van der Waals surface area contributed by atoms with Gasteiger partial charge in [-0.25, -0.2) is 13.6 Å². The van der Waals surface area contributed by atoms with Crippen molar-refractivity contribution in [2.75, 3.05) is 5.32 Å². The molecule has 0 atom stereocenters. The van der Waals surface area contributed by atoms with E-state index in [1.54, 1.807) is 30.3 Å². The lowest BCUT2D eigenvalue weighted by Gasteiger charge is -2.18. The molecule has 26 heavy (non-hydrogen) atoms. The van der Waals surface area contributed by atoms with Gasteiger partial charge in [0.25, 0.3) is 11.7 Å². The van der Waals surface area contributed by atoms with E-state index >= 15 is 0 Å². The van der Waals surface area contributed by atoms with E-state index in [1.165, 1.54) is 6.07 Å². The van der Waals surface area contributed by atoms with Crippen LogP contribution in [0.2, 0.25) is 0 Å². The number of benzene rings is 2. The molecule has 0 saturated heterocycles. The van der Waals surface area contributed by atoms with Crippen LogP contribution in [0.25, 0.3) is 0 Å².